The Morgan fingerprint density at radius 3 is 2.31 bits per heavy atom. The van der Waals surface area contributed by atoms with Crippen LogP contribution in [0.2, 0.25) is 0 Å². The molecule has 4 N–H and O–H groups in total. The summed E-state index contributed by atoms with van der Waals surface area (Å²) < 4.78 is 4.80. The standard InChI is InChI=1S/C41H59N7O6S/c1-9-27(3)35(48-22-21-46(40(48)53)24-30-18-14-15-28(4)42-30)37(50)43-33(23-29-16-12-11-13-17-29)34(49)26-47(25-32-20-19-31(10-2)55-32)45-38(51)36(41(5,6)7)44-39(52)54-8/h11-20,27,33-36,49H,9-10,21-26H2,1-8H3,(H,43,50)(H,44,52)(H,45,51). The molecule has 0 spiro atoms. The molecule has 0 aliphatic carbocycles. The lowest BCUT2D eigenvalue weighted by Gasteiger charge is -2.36. The maximum absolute atomic E-state index is 14.4. The molecule has 55 heavy (non-hydrogen) atoms. The van der Waals surface area contributed by atoms with Gasteiger partial charge in [-0.15, -0.1) is 11.3 Å². The van der Waals surface area contributed by atoms with Crippen molar-refractivity contribution in [2.45, 2.75) is 105 Å². The highest BCUT2D eigenvalue weighted by Gasteiger charge is 2.41. The number of aliphatic hydroxyl groups is 1. The zero-order valence-corrected chi connectivity index (χ0v) is 34.3. The van der Waals surface area contributed by atoms with Crippen molar-refractivity contribution in [1.29, 1.82) is 0 Å². The molecule has 300 valence electrons. The molecule has 1 fully saturated rings. The Kier molecular flexibility index (Phi) is 15.6. The first-order chi connectivity index (χ1) is 26.1. The van der Waals surface area contributed by atoms with Gasteiger partial charge in [-0.3, -0.25) is 20.0 Å². The number of aliphatic hydroxyl groups excluding tert-OH is 1. The molecule has 3 heterocycles. The number of pyridine rings is 1. The molecule has 14 heteroatoms. The van der Waals surface area contributed by atoms with E-state index in [4.69, 9.17) is 4.74 Å². The first-order valence-electron chi connectivity index (χ1n) is 19.1. The average Bonchev–Trinajstić information content (AvgIpc) is 3.75. The second-order valence-corrected chi connectivity index (χ2v) is 16.6. The number of urea groups is 1. The summed E-state index contributed by atoms with van der Waals surface area (Å²) in [6.45, 7) is 14.9. The van der Waals surface area contributed by atoms with E-state index in [2.05, 4.69) is 28.0 Å². The minimum atomic E-state index is -1.16. The number of hydrogen-bond donors (Lipinski definition) is 4. The van der Waals surface area contributed by atoms with Crippen LogP contribution in [0.5, 0.6) is 0 Å². The molecule has 0 saturated carbocycles. The minimum Gasteiger partial charge on any atom is -0.453 e. The van der Waals surface area contributed by atoms with Gasteiger partial charge in [0.15, 0.2) is 0 Å². The van der Waals surface area contributed by atoms with Crippen molar-refractivity contribution < 1.29 is 29.0 Å². The van der Waals surface area contributed by atoms with Crippen LogP contribution in [0.1, 0.15) is 74.7 Å². The van der Waals surface area contributed by atoms with E-state index in [-0.39, 0.29) is 30.9 Å². The SMILES string of the molecule is CCc1ccc(CN(CC(O)C(Cc2ccccc2)NC(=O)C(C(C)CC)N2CCN(Cc3cccc(C)n3)C2=O)NC(=O)C(NC(=O)OC)C(C)(C)C)s1. The number of ether oxygens (including phenoxy) is 1. The largest absolute Gasteiger partial charge is 0.453 e. The van der Waals surface area contributed by atoms with Crippen LogP contribution in [0, 0.1) is 18.3 Å². The quantitative estimate of drug-likeness (QED) is 0.131. The number of nitrogens with one attached hydrogen (secondary N) is 3. The highest BCUT2D eigenvalue weighted by Crippen LogP contribution is 2.24. The number of thiophene rings is 1. The first-order valence-corrected chi connectivity index (χ1v) is 19.9. The van der Waals surface area contributed by atoms with Gasteiger partial charge in [0.2, 0.25) is 5.91 Å². The fraction of sp³-hybridized carbons (Fsp3) is 0.537. The number of aryl methyl sites for hydroxylation is 2. The Morgan fingerprint density at radius 1 is 0.982 bits per heavy atom. The Hall–Kier alpha value is -4.53. The number of carbonyl (C=O) groups excluding carboxylic acids is 4. The number of hydrogen-bond acceptors (Lipinski definition) is 9. The summed E-state index contributed by atoms with van der Waals surface area (Å²) in [5.41, 5.74) is 4.83. The lowest BCUT2D eigenvalue weighted by Crippen LogP contribution is -2.60. The van der Waals surface area contributed by atoms with Gasteiger partial charge in [-0.05, 0) is 60.9 Å². The van der Waals surface area contributed by atoms with Crippen LogP contribution in [0.15, 0.2) is 60.7 Å². The zero-order valence-electron chi connectivity index (χ0n) is 33.5. The van der Waals surface area contributed by atoms with Crippen molar-refractivity contribution in [3.8, 4) is 0 Å². The van der Waals surface area contributed by atoms with E-state index in [1.165, 1.54) is 12.0 Å². The van der Waals surface area contributed by atoms with Crippen LogP contribution < -0.4 is 16.1 Å². The number of aromatic nitrogens is 1. The Labute approximate surface area is 329 Å². The first kappa shape index (κ1) is 43.2. The summed E-state index contributed by atoms with van der Waals surface area (Å²) in [5.74, 6) is -1.000. The van der Waals surface area contributed by atoms with E-state index in [0.29, 0.717) is 32.5 Å². The van der Waals surface area contributed by atoms with Gasteiger partial charge in [0, 0.05) is 35.1 Å². The molecule has 1 aliphatic heterocycles. The molecule has 5 unspecified atom stereocenters. The van der Waals surface area contributed by atoms with E-state index in [1.807, 2.05) is 102 Å². The molecule has 2 aromatic heterocycles. The van der Waals surface area contributed by atoms with Crippen LogP contribution in [0.3, 0.4) is 0 Å². The molecule has 1 saturated heterocycles. The van der Waals surface area contributed by atoms with Crippen LogP contribution in [0.4, 0.5) is 9.59 Å². The number of benzene rings is 1. The van der Waals surface area contributed by atoms with Crippen LogP contribution in [0.25, 0.3) is 0 Å². The third-order valence-electron chi connectivity index (χ3n) is 9.97. The maximum atomic E-state index is 14.4. The molecule has 1 aliphatic rings. The second kappa shape index (κ2) is 19.9. The summed E-state index contributed by atoms with van der Waals surface area (Å²) in [4.78, 5) is 64.4. The smallest absolute Gasteiger partial charge is 0.407 e. The highest BCUT2D eigenvalue weighted by atomic mass is 32.1. The Bertz CT molecular complexity index is 1730. The lowest BCUT2D eigenvalue weighted by molar-refractivity contribution is -0.132. The number of nitrogens with zero attached hydrogens (tertiary/aromatic N) is 4. The summed E-state index contributed by atoms with van der Waals surface area (Å²) in [6.07, 6.45) is -0.0811. The fourth-order valence-corrected chi connectivity index (χ4v) is 7.67. The van der Waals surface area contributed by atoms with Gasteiger partial charge in [0.25, 0.3) is 5.91 Å². The third-order valence-corrected chi connectivity index (χ3v) is 11.2. The Morgan fingerprint density at radius 2 is 1.69 bits per heavy atom. The summed E-state index contributed by atoms with van der Waals surface area (Å²) in [6, 6.07) is 16.6. The second-order valence-electron chi connectivity index (χ2n) is 15.4. The van der Waals surface area contributed by atoms with Gasteiger partial charge in [-0.2, -0.15) is 0 Å². The molecule has 13 nitrogen and oxygen atoms in total. The molecular formula is C41H59N7O6S. The zero-order chi connectivity index (χ0) is 40.3. The van der Waals surface area contributed by atoms with Gasteiger partial charge >= 0.3 is 12.1 Å². The topological polar surface area (TPSA) is 156 Å². The fourth-order valence-electron chi connectivity index (χ4n) is 6.70. The molecule has 4 rings (SSSR count). The average molecular weight is 778 g/mol. The van der Waals surface area contributed by atoms with Crippen molar-refractivity contribution in [3.05, 3.63) is 87.4 Å². The minimum absolute atomic E-state index is 0.0497. The molecule has 0 radical (unpaired) electrons. The highest BCUT2D eigenvalue weighted by molar-refractivity contribution is 7.11. The van der Waals surface area contributed by atoms with Crippen LogP contribution in [-0.2, 0) is 40.3 Å². The third kappa shape index (κ3) is 12.2. The molecule has 0 bridgehead atoms. The van der Waals surface area contributed by atoms with Gasteiger partial charge in [0.05, 0.1) is 38.0 Å². The number of carbonyl (C=O) groups is 4. The molecule has 5 atom stereocenters. The normalized spacial score (nSPS) is 16.0. The number of alkyl carbamates (subject to hydrolysis) is 1. The van der Waals surface area contributed by atoms with Gasteiger partial charge in [-0.25, -0.2) is 14.6 Å². The molecule has 5 amide bonds. The van der Waals surface area contributed by atoms with Crippen LogP contribution in [-0.4, -0.2) is 99.8 Å². The summed E-state index contributed by atoms with van der Waals surface area (Å²) >= 11 is 1.61. The van der Waals surface area contributed by atoms with E-state index >= 15 is 0 Å². The van der Waals surface area contributed by atoms with E-state index in [1.54, 1.807) is 26.1 Å². The molecular weight excluding hydrogens is 719 g/mol. The predicted molar refractivity (Wildman–Crippen MR) is 214 cm³/mol. The van der Waals surface area contributed by atoms with Crippen molar-refractivity contribution in [1.82, 2.24) is 35.9 Å². The monoisotopic (exact) mass is 777 g/mol. The maximum Gasteiger partial charge on any atom is 0.407 e. The summed E-state index contributed by atoms with van der Waals surface area (Å²) in [5, 5.41) is 19.5. The lowest BCUT2D eigenvalue weighted by atomic mass is 9.86. The van der Waals surface area contributed by atoms with Crippen molar-refractivity contribution in [2.75, 3.05) is 26.7 Å². The van der Waals surface area contributed by atoms with Gasteiger partial charge < -0.3 is 30.3 Å². The molecule has 1 aromatic carbocycles. The molecule has 3 aromatic rings. The van der Waals surface area contributed by atoms with Gasteiger partial charge in [0.1, 0.15) is 12.1 Å². The summed E-state index contributed by atoms with van der Waals surface area (Å²) in [7, 11) is 1.24. The number of rotatable bonds is 18. The Balaban J connectivity index is 1.60. The van der Waals surface area contributed by atoms with E-state index < -0.39 is 41.6 Å². The van der Waals surface area contributed by atoms with Crippen molar-refractivity contribution in [2.24, 2.45) is 11.3 Å². The number of amides is 5. The number of methoxy groups -OCH3 is 1. The van der Waals surface area contributed by atoms with Crippen LogP contribution >= 0.6 is 11.3 Å². The predicted octanol–water partition coefficient (Wildman–Crippen LogP) is 5.06. The van der Waals surface area contributed by atoms with Gasteiger partial charge in [-0.1, -0.05) is 84.4 Å². The van der Waals surface area contributed by atoms with Crippen molar-refractivity contribution in [3.63, 3.8) is 0 Å². The van der Waals surface area contributed by atoms with E-state index in [9.17, 15) is 24.3 Å². The van der Waals surface area contributed by atoms with E-state index in [0.717, 1.165) is 28.2 Å². The number of hydrazine groups is 1. The van der Waals surface area contributed by atoms with Crippen molar-refractivity contribution >= 4 is 35.3 Å².